The van der Waals surface area contributed by atoms with Gasteiger partial charge in [-0.2, -0.15) is 12.6 Å². The maximum Gasteiger partial charge on any atom is 0.119 e. The van der Waals surface area contributed by atoms with Gasteiger partial charge in [-0.1, -0.05) is 44.2 Å². The number of hydrogen-bond acceptors (Lipinski definition) is 2. The first-order chi connectivity index (χ1) is 9.69. The van der Waals surface area contributed by atoms with Crippen LogP contribution in [0, 0.1) is 5.41 Å². The summed E-state index contributed by atoms with van der Waals surface area (Å²) in [6.45, 7) is 2.90. The highest BCUT2D eigenvalue weighted by Gasteiger charge is 2.30. The summed E-state index contributed by atoms with van der Waals surface area (Å²) < 4.78 is 6.09. The van der Waals surface area contributed by atoms with Crippen molar-refractivity contribution < 1.29 is 4.74 Å². The zero-order valence-electron chi connectivity index (χ0n) is 12.3. The van der Waals surface area contributed by atoms with Crippen molar-refractivity contribution in [3.63, 3.8) is 0 Å². The van der Waals surface area contributed by atoms with E-state index in [-0.39, 0.29) is 5.41 Å². The molecule has 1 aromatic carbocycles. The SMILES string of the molecule is CCc1cc(OCC2(CS)CCCCCC2)ccc1Cl. The minimum Gasteiger partial charge on any atom is -0.493 e. The molecule has 0 aliphatic heterocycles. The van der Waals surface area contributed by atoms with Gasteiger partial charge in [-0.15, -0.1) is 0 Å². The van der Waals surface area contributed by atoms with E-state index in [1.165, 1.54) is 38.5 Å². The first-order valence-electron chi connectivity index (χ1n) is 7.71. The highest BCUT2D eigenvalue weighted by Crippen LogP contribution is 2.37. The molecule has 1 fully saturated rings. The summed E-state index contributed by atoms with van der Waals surface area (Å²) in [4.78, 5) is 0. The van der Waals surface area contributed by atoms with E-state index in [1.54, 1.807) is 0 Å². The monoisotopic (exact) mass is 312 g/mol. The summed E-state index contributed by atoms with van der Waals surface area (Å²) in [5.74, 6) is 1.86. The molecule has 0 radical (unpaired) electrons. The van der Waals surface area contributed by atoms with E-state index < -0.39 is 0 Å². The van der Waals surface area contributed by atoms with E-state index in [4.69, 9.17) is 16.3 Å². The molecule has 0 bridgehead atoms. The molecule has 20 heavy (non-hydrogen) atoms. The zero-order chi connectivity index (χ0) is 14.4. The highest BCUT2D eigenvalue weighted by atomic mass is 35.5. The molecular weight excluding hydrogens is 288 g/mol. The smallest absolute Gasteiger partial charge is 0.119 e. The Balaban J connectivity index is 2.02. The third kappa shape index (κ3) is 4.08. The average molecular weight is 313 g/mol. The number of aryl methyl sites for hydroxylation is 1. The van der Waals surface area contributed by atoms with Gasteiger partial charge >= 0.3 is 0 Å². The van der Waals surface area contributed by atoms with Crippen LogP contribution in [-0.2, 0) is 6.42 Å². The summed E-state index contributed by atoms with van der Waals surface area (Å²) in [7, 11) is 0. The predicted octanol–water partition coefficient (Wildman–Crippen LogP) is 5.55. The van der Waals surface area contributed by atoms with E-state index in [0.29, 0.717) is 0 Å². The second-order valence-electron chi connectivity index (χ2n) is 5.97. The Kier molecular flexibility index (Phi) is 6.10. The van der Waals surface area contributed by atoms with Crippen LogP contribution in [0.3, 0.4) is 0 Å². The van der Waals surface area contributed by atoms with Gasteiger partial charge in [0.15, 0.2) is 0 Å². The molecule has 0 saturated heterocycles. The summed E-state index contributed by atoms with van der Waals surface area (Å²) >= 11 is 10.8. The molecule has 0 amide bonds. The van der Waals surface area contributed by atoms with Crippen molar-refractivity contribution in [1.82, 2.24) is 0 Å². The van der Waals surface area contributed by atoms with E-state index in [1.807, 2.05) is 12.1 Å². The lowest BCUT2D eigenvalue weighted by Gasteiger charge is -2.31. The Morgan fingerprint density at radius 3 is 2.50 bits per heavy atom. The van der Waals surface area contributed by atoms with Crippen molar-refractivity contribution >= 4 is 24.2 Å². The molecular formula is C17H25ClOS. The van der Waals surface area contributed by atoms with Gasteiger partial charge in [0.2, 0.25) is 0 Å². The Bertz CT molecular complexity index is 425. The van der Waals surface area contributed by atoms with Crippen LogP contribution in [0.25, 0.3) is 0 Å². The van der Waals surface area contributed by atoms with E-state index >= 15 is 0 Å². The minimum atomic E-state index is 0.256. The molecule has 0 atom stereocenters. The van der Waals surface area contributed by atoms with Crippen LogP contribution in [0.2, 0.25) is 5.02 Å². The number of thiol groups is 1. The molecule has 3 heteroatoms. The van der Waals surface area contributed by atoms with Gasteiger partial charge in [0.05, 0.1) is 6.61 Å². The first-order valence-corrected chi connectivity index (χ1v) is 8.72. The molecule has 0 aromatic heterocycles. The van der Waals surface area contributed by atoms with Crippen molar-refractivity contribution in [2.45, 2.75) is 51.9 Å². The predicted molar refractivity (Wildman–Crippen MR) is 90.3 cm³/mol. The van der Waals surface area contributed by atoms with Crippen molar-refractivity contribution in [2.24, 2.45) is 5.41 Å². The minimum absolute atomic E-state index is 0.256. The van der Waals surface area contributed by atoms with Gasteiger partial charge in [-0.25, -0.2) is 0 Å². The summed E-state index contributed by atoms with van der Waals surface area (Å²) in [5, 5.41) is 0.832. The lowest BCUT2D eigenvalue weighted by Crippen LogP contribution is -2.30. The Morgan fingerprint density at radius 1 is 1.20 bits per heavy atom. The third-order valence-corrected chi connectivity index (χ3v) is 5.48. The number of benzene rings is 1. The zero-order valence-corrected chi connectivity index (χ0v) is 14.0. The molecule has 1 saturated carbocycles. The molecule has 0 N–H and O–H groups in total. The first kappa shape index (κ1) is 16.0. The fraction of sp³-hybridized carbons (Fsp3) is 0.647. The number of halogens is 1. The van der Waals surface area contributed by atoms with Crippen LogP contribution in [0.5, 0.6) is 5.75 Å². The molecule has 0 unspecified atom stereocenters. The van der Waals surface area contributed by atoms with Crippen LogP contribution in [-0.4, -0.2) is 12.4 Å². The quantitative estimate of drug-likeness (QED) is 0.554. The second kappa shape index (κ2) is 7.61. The maximum atomic E-state index is 6.15. The van der Waals surface area contributed by atoms with Gasteiger partial charge in [0, 0.05) is 10.4 Å². The largest absolute Gasteiger partial charge is 0.493 e. The van der Waals surface area contributed by atoms with Crippen molar-refractivity contribution in [1.29, 1.82) is 0 Å². The average Bonchev–Trinajstić information content (AvgIpc) is 2.72. The molecule has 1 aromatic rings. The van der Waals surface area contributed by atoms with Crippen molar-refractivity contribution in [3.8, 4) is 5.75 Å². The van der Waals surface area contributed by atoms with Crippen LogP contribution in [0.4, 0.5) is 0 Å². The second-order valence-corrected chi connectivity index (χ2v) is 6.69. The van der Waals surface area contributed by atoms with Crippen LogP contribution in [0.15, 0.2) is 18.2 Å². The third-order valence-electron chi connectivity index (χ3n) is 4.44. The molecule has 112 valence electrons. The van der Waals surface area contributed by atoms with Gasteiger partial charge in [0.25, 0.3) is 0 Å². The summed E-state index contributed by atoms with van der Waals surface area (Å²) in [6, 6.07) is 5.99. The van der Waals surface area contributed by atoms with Gasteiger partial charge < -0.3 is 4.74 Å². The maximum absolute atomic E-state index is 6.15. The molecule has 1 nitrogen and oxygen atoms in total. The van der Waals surface area contributed by atoms with E-state index in [0.717, 1.165) is 35.1 Å². The Morgan fingerprint density at radius 2 is 1.90 bits per heavy atom. The molecule has 0 heterocycles. The van der Waals surface area contributed by atoms with E-state index in [9.17, 15) is 0 Å². The Labute approximate surface area is 133 Å². The number of hydrogen-bond donors (Lipinski definition) is 1. The van der Waals surface area contributed by atoms with Gasteiger partial charge in [0.1, 0.15) is 5.75 Å². The van der Waals surface area contributed by atoms with Crippen LogP contribution in [0.1, 0.15) is 51.0 Å². The lowest BCUT2D eigenvalue weighted by atomic mass is 9.83. The van der Waals surface area contributed by atoms with Crippen LogP contribution < -0.4 is 4.74 Å². The molecule has 0 spiro atoms. The normalized spacial score (nSPS) is 18.6. The summed E-state index contributed by atoms with van der Waals surface area (Å²) in [5.41, 5.74) is 1.41. The van der Waals surface area contributed by atoms with Gasteiger partial charge in [-0.05, 0) is 48.8 Å². The Hall–Kier alpha value is -0.340. The van der Waals surface area contributed by atoms with Crippen LogP contribution >= 0.6 is 24.2 Å². The highest BCUT2D eigenvalue weighted by molar-refractivity contribution is 7.80. The fourth-order valence-corrected chi connectivity index (χ4v) is 3.63. The van der Waals surface area contributed by atoms with Crippen molar-refractivity contribution in [2.75, 3.05) is 12.4 Å². The number of rotatable bonds is 5. The molecule has 1 aliphatic rings. The molecule has 2 rings (SSSR count). The summed E-state index contributed by atoms with van der Waals surface area (Å²) in [6.07, 6.45) is 8.76. The van der Waals surface area contributed by atoms with E-state index in [2.05, 4.69) is 25.6 Å². The number of ether oxygens (including phenoxy) is 1. The van der Waals surface area contributed by atoms with Crippen molar-refractivity contribution in [3.05, 3.63) is 28.8 Å². The van der Waals surface area contributed by atoms with Gasteiger partial charge in [-0.3, -0.25) is 0 Å². The molecule has 1 aliphatic carbocycles. The topological polar surface area (TPSA) is 9.23 Å². The standard InChI is InChI=1S/C17H25ClOS/c1-2-14-11-15(7-8-16(14)18)19-12-17(13-20)9-5-3-4-6-10-17/h7-8,11,20H,2-6,9-10,12-13H2,1H3. The lowest BCUT2D eigenvalue weighted by molar-refractivity contribution is 0.148. The fourth-order valence-electron chi connectivity index (χ4n) is 2.97.